The van der Waals surface area contributed by atoms with Gasteiger partial charge in [0.15, 0.2) is 0 Å². The van der Waals surface area contributed by atoms with Gasteiger partial charge < -0.3 is 9.47 Å². The minimum atomic E-state index is -0.783. The zero-order valence-electron chi connectivity index (χ0n) is 25.5. The van der Waals surface area contributed by atoms with Crippen LogP contribution in [0.15, 0.2) is 0 Å². The molecule has 36 heavy (non-hydrogen) atoms. The quantitative estimate of drug-likeness (QED) is 0.0499. The second kappa shape index (κ2) is 29.0. The first-order valence-electron chi connectivity index (χ1n) is 16.2. The summed E-state index contributed by atoms with van der Waals surface area (Å²) in [5, 5.41) is 0. The third-order valence-electron chi connectivity index (χ3n) is 7.35. The molecule has 0 amide bonds. The van der Waals surface area contributed by atoms with Crippen LogP contribution >= 0.6 is 21.6 Å². The van der Waals surface area contributed by atoms with Gasteiger partial charge >= 0.3 is 0 Å². The van der Waals surface area contributed by atoms with Crippen molar-refractivity contribution in [1.29, 1.82) is 0 Å². The highest BCUT2D eigenvalue weighted by atomic mass is 33.1. The predicted molar refractivity (Wildman–Crippen MR) is 177 cm³/mol. The van der Waals surface area contributed by atoms with Gasteiger partial charge in [-0.15, -0.1) is 0 Å². The summed E-state index contributed by atoms with van der Waals surface area (Å²) in [5.74, 6) is 2.58. The molecule has 0 radical (unpaired) electrons. The predicted octanol–water partition coefficient (Wildman–Crippen LogP) is 10.3. The molecule has 218 valence electrons. The van der Waals surface area contributed by atoms with E-state index < -0.39 is 17.6 Å². The topological polar surface area (TPSA) is 18.5 Å². The lowest BCUT2D eigenvalue weighted by Gasteiger charge is -2.27. The fourth-order valence-electron chi connectivity index (χ4n) is 5.15. The number of hydrogen-bond acceptors (Lipinski definition) is 4. The first-order valence-corrected chi connectivity index (χ1v) is 23.2. The Morgan fingerprint density at radius 2 is 0.806 bits per heavy atom. The van der Waals surface area contributed by atoms with Crippen LogP contribution in [0.5, 0.6) is 0 Å². The molecular weight excluding hydrogens is 513 g/mol. The van der Waals surface area contributed by atoms with Crippen molar-refractivity contribution < 1.29 is 9.47 Å². The summed E-state index contributed by atoms with van der Waals surface area (Å²) in [5.41, 5.74) is 1.25. The SMILES string of the molecule is CCCC[SiH](CCCC)C(CCCSSCCCC(OCCC)[SiH](CCCC)CCCC)OCCC. The summed E-state index contributed by atoms with van der Waals surface area (Å²) < 4.78 is 12.9. The number of hydrogen-bond donors (Lipinski definition) is 0. The van der Waals surface area contributed by atoms with Gasteiger partial charge in [-0.2, -0.15) is 0 Å². The first-order chi connectivity index (χ1) is 17.7. The molecular formula is C30H66O2S2Si2. The van der Waals surface area contributed by atoms with Crippen molar-refractivity contribution in [1.82, 2.24) is 0 Å². The molecule has 0 aliphatic heterocycles. The zero-order valence-corrected chi connectivity index (χ0v) is 29.4. The van der Waals surface area contributed by atoms with Crippen LogP contribution in [0.1, 0.15) is 131 Å². The molecule has 0 aromatic carbocycles. The minimum absolute atomic E-state index is 0.623. The fourth-order valence-corrected chi connectivity index (χ4v) is 15.4. The van der Waals surface area contributed by atoms with Crippen LogP contribution in [-0.4, -0.2) is 53.8 Å². The fraction of sp³-hybridized carbons (Fsp3) is 1.00. The van der Waals surface area contributed by atoms with Gasteiger partial charge in [0.1, 0.15) is 0 Å². The lowest BCUT2D eigenvalue weighted by molar-refractivity contribution is 0.0955. The van der Waals surface area contributed by atoms with E-state index in [-0.39, 0.29) is 0 Å². The van der Waals surface area contributed by atoms with Crippen LogP contribution in [0.2, 0.25) is 24.2 Å². The Labute approximate surface area is 239 Å². The molecule has 6 heteroatoms. The summed E-state index contributed by atoms with van der Waals surface area (Å²) in [6.45, 7) is 15.8. The average Bonchev–Trinajstić information content (AvgIpc) is 2.89. The Morgan fingerprint density at radius 1 is 0.472 bits per heavy atom. The standard InChI is InChI=1S/C30H66O2S2Si2/c1-7-13-25-35(26-14-8-2)29(31-21-11-5)19-17-23-33-34-24-18-20-30(32-22-12-6)36(27-15-9-3)28-16-10-4/h29-30,35-36H,7-28H2,1-6H3. The average molecular weight is 579 g/mol. The van der Waals surface area contributed by atoms with E-state index in [2.05, 4.69) is 63.1 Å². The van der Waals surface area contributed by atoms with Crippen molar-refractivity contribution in [2.75, 3.05) is 24.7 Å². The number of ether oxygens (including phenoxy) is 2. The van der Waals surface area contributed by atoms with Gasteiger partial charge in [0.25, 0.3) is 0 Å². The van der Waals surface area contributed by atoms with Crippen LogP contribution in [-0.2, 0) is 9.47 Å². The Hall–Kier alpha value is 1.05. The second-order valence-electron chi connectivity index (χ2n) is 10.8. The van der Waals surface area contributed by atoms with Crippen molar-refractivity contribution >= 4 is 39.2 Å². The van der Waals surface area contributed by atoms with E-state index in [4.69, 9.17) is 9.47 Å². The summed E-state index contributed by atoms with van der Waals surface area (Å²) >= 11 is 0. The molecule has 0 spiro atoms. The summed E-state index contributed by atoms with van der Waals surface area (Å²) in [4.78, 5) is 0. The Kier molecular flexibility index (Phi) is 29.9. The maximum atomic E-state index is 6.47. The van der Waals surface area contributed by atoms with Gasteiger partial charge in [0.2, 0.25) is 0 Å². The maximum Gasteiger partial charge on any atom is 0.0717 e. The molecule has 2 nitrogen and oxygen atoms in total. The molecule has 0 N–H and O–H groups in total. The van der Waals surface area contributed by atoms with Crippen molar-refractivity contribution in [3.05, 3.63) is 0 Å². The molecule has 2 atom stereocenters. The molecule has 0 saturated carbocycles. The van der Waals surface area contributed by atoms with E-state index in [0.717, 1.165) is 26.1 Å². The Morgan fingerprint density at radius 3 is 1.08 bits per heavy atom. The van der Waals surface area contributed by atoms with E-state index in [1.165, 1.54) is 113 Å². The highest BCUT2D eigenvalue weighted by molar-refractivity contribution is 8.76. The zero-order chi connectivity index (χ0) is 26.7. The molecule has 0 aliphatic rings. The molecule has 0 rings (SSSR count). The van der Waals surface area contributed by atoms with Crippen molar-refractivity contribution in [2.45, 2.75) is 167 Å². The Balaban J connectivity index is 4.41. The van der Waals surface area contributed by atoms with Crippen molar-refractivity contribution in [2.24, 2.45) is 0 Å². The maximum absolute atomic E-state index is 6.47. The molecule has 0 heterocycles. The summed E-state index contributed by atoms with van der Waals surface area (Å²) in [6.07, 6.45) is 18.6. The van der Waals surface area contributed by atoms with Crippen molar-refractivity contribution in [3.63, 3.8) is 0 Å². The molecule has 0 saturated heterocycles. The van der Waals surface area contributed by atoms with Crippen LogP contribution < -0.4 is 0 Å². The van der Waals surface area contributed by atoms with Gasteiger partial charge in [0.05, 0.1) is 17.6 Å². The van der Waals surface area contributed by atoms with E-state index in [1.807, 2.05) is 0 Å². The van der Waals surface area contributed by atoms with Gasteiger partial charge in [-0.25, -0.2) is 0 Å². The summed E-state index contributed by atoms with van der Waals surface area (Å²) in [6, 6.07) is 5.98. The monoisotopic (exact) mass is 578 g/mol. The largest absolute Gasteiger partial charge is 0.382 e. The third-order valence-corrected chi connectivity index (χ3v) is 17.7. The van der Waals surface area contributed by atoms with E-state index in [9.17, 15) is 0 Å². The van der Waals surface area contributed by atoms with Crippen LogP contribution in [0, 0.1) is 0 Å². The van der Waals surface area contributed by atoms with Gasteiger partial charge in [-0.3, -0.25) is 0 Å². The van der Waals surface area contributed by atoms with Crippen LogP contribution in [0.4, 0.5) is 0 Å². The smallest absolute Gasteiger partial charge is 0.0717 e. The first kappa shape index (κ1) is 37.1. The normalized spacial score (nSPS) is 13.7. The lowest BCUT2D eigenvalue weighted by Crippen LogP contribution is -2.34. The molecule has 2 unspecified atom stereocenters. The van der Waals surface area contributed by atoms with Crippen molar-refractivity contribution in [3.8, 4) is 0 Å². The molecule has 0 aromatic heterocycles. The summed E-state index contributed by atoms with van der Waals surface area (Å²) in [7, 11) is 2.67. The molecule has 0 fully saturated rings. The third kappa shape index (κ3) is 20.9. The van der Waals surface area contributed by atoms with E-state index in [0.29, 0.717) is 11.5 Å². The van der Waals surface area contributed by atoms with Crippen LogP contribution in [0.25, 0.3) is 0 Å². The number of rotatable bonds is 29. The molecule has 0 aromatic rings. The number of unbranched alkanes of at least 4 members (excludes halogenated alkanes) is 4. The second-order valence-corrected chi connectivity index (χ2v) is 20.4. The molecule has 0 bridgehead atoms. The Bertz CT molecular complexity index is 378. The van der Waals surface area contributed by atoms with Gasteiger partial charge in [-0.1, -0.05) is 139 Å². The molecule has 0 aliphatic carbocycles. The highest BCUT2D eigenvalue weighted by Gasteiger charge is 2.24. The van der Waals surface area contributed by atoms with E-state index >= 15 is 0 Å². The van der Waals surface area contributed by atoms with E-state index in [1.54, 1.807) is 0 Å². The minimum Gasteiger partial charge on any atom is -0.382 e. The van der Waals surface area contributed by atoms with Gasteiger partial charge in [0, 0.05) is 36.2 Å². The highest BCUT2D eigenvalue weighted by Crippen LogP contribution is 2.27. The lowest BCUT2D eigenvalue weighted by atomic mass is 10.3. The van der Waals surface area contributed by atoms with Gasteiger partial charge in [-0.05, 0) is 38.5 Å². The van der Waals surface area contributed by atoms with Crippen LogP contribution in [0.3, 0.4) is 0 Å².